The molecule has 1 atom stereocenters. The molecule has 1 amide bonds. The van der Waals surface area contributed by atoms with E-state index in [0.717, 1.165) is 0 Å². The Balaban J connectivity index is 2.17. The standard InChI is InChI=1S/C24H28N2O6/c1-25(2)12-13-26-21(15-6-8-16(30-3)9-7-15)20(23(28)24(26)29)22(27)18-11-10-17(31-4)14-19(18)32-5/h6-11,14,21,27H,12-13H2,1-5H3/b22-20+/t21-/m0/s1. The van der Waals surface area contributed by atoms with Crippen molar-refractivity contribution in [3.05, 3.63) is 59.2 Å². The molecule has 1 aliphatic rings. The van der Waals surface area contributed by atoms with Crippen LogP contribution in [0, 0.1) is 0 Å². The molecule has 8 heteroatoms. The van der Waals surface area contributed by atoms with E-state index in [9.17, 15) is 14.7 Å². The molecule has 1 heterocycles. The number of aliphatic hydroxyl groups excluding tert-OH is 1. The second-order valence-corrected chi connectivity index (χ2v) is 7.64. The van der Waals surface area contributed by atoms with Gasteiger partial charge in [0.2, 0.25) is 0 Å². The van der Waals surface area contributed by atoms with Gasteiger partial charge in [0, 0.05) is 19.2 Å². The Labute approximate surface area is 187 Å². The van der Waals surface area contributed by atoms with Crippen molar-refractivity contribution in [2.75, 3.05) is 48.5 Å². The number of aliphatic hydroxyl groups is 1. The molecule has 0 aromatic heterocycles. The van der Waals surface area contributed by atoms with Crippen molar-refractivity contribution < 1.29 is 28.9 Å². The highest BCUT2D eigenvalue weighted by Gasteiger charge is 2.46. The van der Waals surface area contributed by atoms with Gasteiger partial charge in [-0.15, -0.1) is 0 Å². The number of likely N-dealkylation sites (tertiary alicyclic amines) is 1. The average Bonchev–Trinajstić information content (AvgIpc) is 3.06. The zero-order chi connectivity index (χ0) is 23.4. The molecule has 0 radical (unpaired) electrons. The van der Waals surface area contributed by atoms with Crippen molar-refractivity contribution in [3.63, 3.8) is 0 Å². The minimum atomic E-state index is -0.743. The molecule has 3 rings (SSSR count). The summed E-state index contributed by atoms with van der Waals surface area (Å²) in [4.78, 5) is 29.5. The van der Waals surface area contributed by atoms with E-state index in [1.54, 1.807) is 49.6 Å². The van der Waals surface area contributed by atoms with E-state index in [2.05, 4.69) is 0 Å². The lowest BCUT2D eigenvalue weighted by Crippen LogP contribution is -2.35. The molecule has 1 saturated heterocycles. The van der Waals surface area contributed by atoms with Crippen molar-refractivity contribution in [1.29, 1.82) is 0 Å². The van der Waals surface area contributed by atoms with Gasteiger partial charge in [-0.3, -0.25) is 9.59 Å². The molecule has 8 nitrogen and oxygen atoms in total. The van der Waals surface area contributed by atoms with Crippen LogP contribution in [0.1, 0.15) is 17.2 Å². The number of ether oxygens (including phenoxy) is 3. The van der Waals surface area contributed by atoms with Crippen molar-refractivity contribution in [1.82, 2.24) is 9.80 Å². The summed E-state index contributed by atoms with van der Waals surface area (Å²) in [5.74, 6) is -0.167. The predicted octanol–water partition coefficient (Wildman–Crippen LogP) is 2.70. The highest BCUT2D eigenvalue weighted by atomic mass is 16.5. The van der Waals surface area contributed by atoms with Gasteiger partial charge in [-0.25, -0.2) is 0 Å². The molecule has 1 aliphatic heterocycles. The number of ketones is 1. The van der Waals surface area contributed by atoms with Crippen LogP contribution in [0.5, 0.6) is 17.2 Å². The minimum absolute atomic E-state index is 0.0161. The number of Topliss-reactive ketones (excluding diaryl/α,β-unsaturated/α-hetero) is 1. The fourth-order valence-electron chi connectivity index (χ4n) is 3.69. The highest BCUT2D eigenvalue weighted by molar-refractivity contribution is 6.46. The summed E-state index contributed by atoms with van der Waals surface area (Å²) in [7, 11) is 8.33. The Bertz CT molecular complexity index is 1030. The third kappa shape index (κ3) is 4.40. The highest BCUT2D eigenvalue weighted by Crippen LogP contribution is 2.41. The van der Waals surface area contributed by atoms with Gasteiger partial charge in [-0.1, -0.05) is 12.1 Å². The quantitative estimate of drug-likeness (QED) is 0.384. The lowest BCUT2D eigenvalue weighted by atomic mass is 9.95. The first-order chi connectivity index (χ1) is 15.3. The summed E-state index contributed by atoms with van der Waals surface area (Å²) < 4.78 is 15.8. The summed E-state index contributed by atoms with van der Waals surface area (Å²) in [6, 6.07) is 11.2. The molecule has 170 valence electrons. The number of carbonyl (C=O) groups is 2. The third-order valence-electron chi connectivity index (χ3n) is 5.42. The van der Waals surface area contributed by atoms with E-state index in [0.29, 0.717) is 41.5 Å². The zero-order valence-corrected chi connectivity index (χ0v) is 18.9. The van der Waals surface area contributed by atoms with Crippen molar-refractivity contribution in [2.24, 2.45) is 0 Å². The van der Waals surface area contributed by atoms with Crippen molar-refractivity contribution in [2.45, 2.75) is 6.04 Å². The number of rotatable bonds is 8. The fraction of sp³-hybridized carbons (Fsp3) is 0.333. The van der Waals surface area contributed by atoms with Gasteiger partial charge < -0.3 is 29.1 Å². The molecule has 32 heavy (non-hydrogen) atoms. The number of nitrogens with zero attached hydrogens (tertiary/aromatic N) is 2. The van der Waals surface area contributed by atoms with Crippen LogP contribution < -0.4 is 14.2 Å². The molecule has 0 spiro atoms. The molecule has 1 fully saturated rings. The molecule has 0 bridgehead atoms. The van der Waals surface area contributed by atoms with Gasteiger partial charge in [-0.2, -0.15) is 0 Å². The number of hydrogen-bond donors (Lipinski definition) is 1. The smallest absolute Gasteiger partial charge is 0.295 e. The maximum atomic E-state index is 13.1. The Morgan fingerprint density at radius 2 is 1.59 bits per heavy atom. The van der Waals surface area contributed by atoms with Crippen molar-refractivity contribution >= 4 is 17.4 Å². The van der Waals surface area contributed by atoms with E-state index < -0.39 is 17.7 Å². The lowest BCUT2D eigenvalue weighted by Gasteiger charge is -2.26. The van der Waals surface area contributed by atoms with Gasteiger partial charge in [0.05, 0.1) is 38.5 Å². The second-order valence-electron chi connectivity index (χ2n) is 7.64. The average molecular weight is 440 g/mol. The number of hydrogen-bond acceptors (Lipinski definition) is 7. The molecule has 0 unspecified atom stereocenters. The first-order valence-electron chi connectivity index (χ1n) is 10.1. The molecule has 0 saturated carbocycles. The summed E-state index contributed by atoms with van der Waals surface area (Å²) >= 11 is 0. The number of amides is 1. The summed E-state index contributed by atoms with van der Waals surface area (Å²) in [5.41, 5.74) is 1.01. The van der Waals surface area contributed by atoms with Crippen LogP contribution >= 0.6 is 0 Å². The molecule has 1 N–H and O–H groups in total. The molecule has 0 aliphatic carbocycles. The fourth-order valence-corrected chi connectivity index (χ4v) is 3.69. The van der Waals surface area contributed by atoms with Crippen LogP contribution in [0.3, 0.4) is 0 Å². The van der Waals surface area contributed by atoms with Gasteiger partial charge in [-0.05, 0) is 43.9 Å². The van der Waals surface area contributed by atoms with Crippen LogP contribution in [-0.2, 0) is 9.59 Å². The van der Waals surface area contributed by atoms with Crippen LogP contribution in [-0.4, -0.2) is 75.1 Å². The van der Waals surface area contributed by atoms with E-state index in [1.807, 2.05) is 19.0 Å². The zero-order valence-electron chi connectivity index (χ0n) is 18.9. The summed E-state index contributed by atoms with van der Waals surface area (Å²) in [6.07, 6.45) is 0. The summed E-state index contributed by atoms with van der Waals surface area (Å²) in [6.45, 7) is 0.885. The van der Waals surface area contributed by atoms with Crippen LogP contribution in [0.15, 0.2) is 48.0 Å². The van der Waals surface area contributed by atoms with E-state index >= 15 is 0 Å². The van der Waals surface area contributed by atoms with Crippen molar-refractivity contribution in [3.8, 4) is 17.2 Å². The monoisotopic (exact) mass is 440 g/mol. The van der Waals surface area contributed by atoms with Gasteiger partial charge in [0.25, 0.3) is 11.7 Å². The minimum Gasteiger partial charge on any atom is -0.507 e. The van der Waals surface area contributed by atoms with Gasteiger partial charge in [0.15, 0.2) is 0 Å². The first kappa shape index (κ1) is 23.1. The molecular formula is C24H28N2O6. The Hall–Kier alpha value is -3.52. The van der Waals surface area contributed by atoms with E-state index in [4.69, 9.17) is 14.2 Å². The van der Waals surface area contributed by atoms with E-state index in [-0.39, 0.29) is 11.3 Å². The lowest BCUT2D eigenvalue weighted by molar-refractivity contribution is -0.140. The van der Waals surface area contributed by atoms with Gasteiger partial charge in [0.1, 0.15) is 23.0 Å². The third-order valence-corrected chi connectivity index (χ3v) is 5.42. The normalized spacial score (nSPS) is 17.7. The SMILES string of the molecule is COc1ccc([C@H]2/C(=C(\O)c3ccc(OC)cc3OC)C(=O)C(=O)N2CCN(C)C)cc1. The number of methoxy groups -OCH3 is 3. The first-order valence-corrected chi connectivity index (χ1v) is 10.1. The number of benzene rings is 2. The van der Waals surface area contributed by atoms with Crippen LogP contribution in [0.25, 0.3) is 5.76 Å². The Morgan fingerprint density at radius 3 is 2.16 bits per heavy atom. The van der Waals surface area contributed by atoms with Crippen LogP contribution in [0.4, 0.5) is 0 Å². The maximum absolute atomic E-state index is 13.1. The largest absolute Gasteiger partial charge is 0.507 e. The number of likely N-dealkylation sites (N-methyl/N-ethyl adjacent to an activating group) is 1. The molecule has 2 aromatic carbocycles. The maximum Gasteiger partial charge on any atom is 0.295 e. The predicted molar refractivity (Wildman–Crippen MR) is 120 cm³/mol. The Morgan fingerprint density at radius 1 is 0.969 bits per heavy atom. The van der Waals surface area contributed by atoms with Gasteiger partial charge >= 0.3 is 0 Å². The summed E-state index contributed by atoms with van der Waals surface area (Å²) in [5, 5.41) is 11.2. The number of carbonyl (C=O) groups excluding carboxylic acids is 2. The second kappa shape index (κ2) is 9.74. The molecular weight excluding hydrogens is 412 g/mol. The topological polar surface area (TPSA) is 88.5 Å². The van der Waals surface area contributed by atoms with Crippen LogP contribution in [0.2, 0.25) is 0 Å². The molecule has 2 aromatic rings. The van der Waals surface area contributed by atoms with E-state index in [1.165, 1.54) is 19.1 Å². The Kier molecular flexibility index (Phi) is 7.05.